The first-order chi connectivity index (χ1) is 8.75. The van der Waals surface area contributed by atoms with E-state index >= 15 is 0 Å². The fraction of sp³-hybridized carbons (Fsp3) is 0.462. The maximum Gasteiger partial charge on any atom is 0.319 e. The average molecular weight is 268 g/mol. The molecule has 4 nitrogen and oxygen atoms in total. The predicted octanol–water partition coefficient (Wildman–Crippen LogP) is 2.60. The molecule has 2 rings (SSSR count). The second kappa shape index (κ2) is 6.61. The number of hydrogen-bond donors (Lipinski definition) is 3. The molecular formula is C13H18ClN3O. The van der Waals surface area contributed by atoms with Crippen LogP contribution in [0.4, 0.5) is 10.5 Å². The molecule has 1 saturated heterocycles. The molecule has 1 aliphatic heterocycles. The molecule has 2 amide bonds. The lowest BCUT2D eigenvalue weighted by molar-refractivity contribution is 0.251. The van der Waals surface area contributed by atoms with Gasteiger partial charge in [0.2, 0.25) is 0 Å². The molecule has 0 saturated carbocycles. The van der Waals surface area contributed by atoms with Gasteiger partial charge in [0.25, 0.3) is 0 Å². The van der Waals surface area contributed by atoms with Gasteiger partial charge in [-0.2, -0.15) is 0 Å². The molecule has 3 N–H and O–H groups in total. The number of amides is 2. The summed E-state index contributed by atoms with van der Waals surface area (Å²) in [6.45, 7) is 1.77. The molecule has 0 aliphatic carbocycles. The van der Waals surface area contributed by atoms with Crippen molar-refractivity contribution in [3.8, 4) is 0 Å². The Balaban J connectivity index is 1.70. The number of urea groups is 1. The van der Waals surface area contributed by atoms with Gasteiger partial charge in [0.1, 0.15) is 0 Å². The minimum atomic E-state index is -0.207. The normalized spacial score (nSPS) is 18.6. The molecule has 0 aromatic heterocycles. The molecule has 1 aromatic carbocycles. The van der Waals surface area contributed by atoms with Crippen molar-refractivity contribution in [1.29, 1.82) is 0 Å². The van der Waals surface area contributed by atoms with E-state index in [0.29, 0.717) is 23.3 Å². The van der Waals surface area contributed by atoms with Gasteiger partial charge < -0.3 is 16.0 Å². The van der Waals surface area contributed by atoms with E-state index < -0.39 is 0 Å². The molecule has 5 heteroatoms. The van der Waals surface area contributed by atoms with E-state index in [1.807, 2.05) is 12.1 Å². The van der Waals surface area contributed by atoms with Crippen molar-refractivity contribution in [2.24, 2.45) is 0 Å². The van der Waals surface area contributed by atoms with Crippen LogP contribution in [0.25, 0.3) is 0 Å². The molecule has 0 unspecified atom stereocenters. The topological polar surface area (TPSA) is 53.2 Å². The Morgan fingerprint density at radius 2 is 2.28 bits per heavy atom. The summed E-state index contributed by atoms with van der Waals surface area (Å²) in [6, 6.07) is 7.54. The summed E-state index contributed by atoms with van der Waals surface area (Å²) in [4.78, 5) is 11.6. The highest BCUT2D eigenvalue weighted by molar-refractivity contribution is 6.33. The second-order valence-electron chi connectivity index (χ2n) is 4.44. The molecule has 1 aliphatic rings. The minimum absolute atomic E-state index is 0.207. The van der Waals surface area contributed by atoms with E-state index in [4.69, 9.17) is 11.6 Å². The van der Waals surface area contributed by atoms with E-state index in [-0.39, 0.29) is 6.03 Å². The number of benzene rings is 1. The average Bonchev–Trinajstić information content (AvgIpc) is 2.85. The molecular weight excluding hydrogens is 250 g/mol. The van der Waals surface area contributed by atoms with Crippen molar-refractivity contribution >= 4 is 23.3 Å². The third-order valence-corrected chi connectivity index (χ3v) is 3.39. The molecule has 1 fully saturated rings. The first-order valence-corrected chi connectivity index (χ1v) is 6.66. The van der Waals surface area contributed by atoms with Gasteiger partial charge >= 0.3 is 6.03 Å². The lowest BCUT2D eigenvalue weighted by Gasteiger charge is -2.12. The van der Waals surface area contributed by atoms with Gasteiger partial charge in [-0.25, -0.2) is 4.79 Å². The van der Waals surface area contributed by atoms with E-state index in [1.165, 1.54) is 12.8 Å². The van der Waals surface area contributed by atoms with E-state index in [2.05, 4.69) is 16.0 Å². The SMILES string of the molecule is O=C(NCC[C@H]1CCCN1)Nc1ccccc1Cl. The van der Waals surface area contributed by atoms with Gasteiger partial charge in [0.15, 0.2) is 0 Å². The zero-order chi connectivity index (χ0) is 12.8. The van der Waals surface area contributed by atoms with Crippen LogP contribution in [-0.4, -0.2) is 25.2 Å². The largest absolute Gasteiger partial charge is 0.338 e. The van der Waals surface area contributed by atoms with E-state index in [1.54, 1.807) is 12.1 Å². The Kier molecular flexibility index (Phi) is 4.84. The van der Waals surface area contributed by atoms with Crippen LogP contribution < -0.4 is 16.0 Å². The maximum atomic E-state index is 11.6. The third kappa shape index (κ3) is 3.89. The van der Waals surface area contributed by atoms with Crippen molar-refractivity contribution in [3.63, 3.8) is 0 Å². The summed E-state index contributed by atoms with van der Waals surface area (Å²) < 4.78 is 0. The Bertz CT molecular complexity index is 405. The van der Waals surface area contributed by atoms with Crippen LogP contribution in [0, 0.1) is 0 Å². The fourth-order valence-electron chi connectivity index (χ4n) is 2.09. The second-order valence-corrected chi connectivity index (χ2v) is 4.85. The highest BCUT2D eigenvalue weighted by Crippen LogP contribution is 2.20. The molecule has 0 spiro atoms. The quantitative estimate of drug-likeness (QED) is 0.785. The number of halogens is 1. The van der Waals surface area contributed by atoms with Gasteiger partial charge in [0.05, 0.1) is 10.7 Å². The molecule has 0 bridgehead atoms. The standard InChI is InChI=1S/C13H18ClN3O/c14-11-5-1-2-6-12(11)17-13(18)16-9-7-10-4-3-8-15-10/h1-2,5-6,10,15H,3-4,7-9H2,(H2,16,17,18)/t10-/m1/s1. The van der Waals surface area contributed by atoms with Crippen LogP contribution in [-0.2, 0) is 0 Å². The lowest BCUT2D eigenvalue weighted by atomic mass is 10.1. The first-order valence-electron chi connectivity index (χ1n) is 6.28. The Labute approximate surface area is 112 Å². The fourth-order valence-corrected chi connectivity index (χ4v) is 2.28. The van der Waals surface area contributed by atoms with Crippen molar-refractivity contribution in [1.82, 2.24) is 10.6 Å². The Hall–Kier alpha value is -1.26. The van der Waals surface area contributed by atoms with Gasteiger partial charge in [-0.3, -0.25) is 0 Å². The number of para-hydroxylation sites is 1. The highest BCUT2D eigenvalue weighted by atomic mass is 35.5. The third-order valence-electron chi connectivity index (χ3n) is 3.06. The van der Waals surface area contributed by atoms with Crippen molar-refractivity contribution in [2.45, 2.75) is 25.3 Å². The van der Waals surface area contributed by atoms with Crippen LogP contribution in [0.1, 0.15) is 19.3 Å². The van der Waals surface area contributed by atoms with Crippen molar-refractivity contribution in [2.75, 3.05) is 18.4 Å². The van der Waals surface area contributed by atoms with Crippen LogP contribution in [0.3, 0.4) is 0 Å². The Morgan fingerprint density at radius 3 is 3.00 bits per heavy atom. The molecule has 18 heavy (non-hydrogen) atoms. The van der Waals surface area contributed by atoms with Crippen molar-refractivity contribution in [3.05, 3.63) is 29.3 Å². The Morgan fingerprint density at radius 1 is 1.44 bits per heavy atom. The minimum Gasteiger partial charge on any atom is -0.338 e. The molecule has 0 radical (unpaired) electrons. The monoisotopic (exact) mass is 267 g/mol. The molecule has 98 valence electrons. The lowest BCUT2D eigenvalue weighted by Crippen LogP contribution is -2.33. The predicted molar refractivity (Wildman–Crippen MR) is 74.1 cm³/mol. The maximum absolute atomic E-state index is 11.6. The summed E-state index contributed by atoms with van der Waals surface area (Å²) in [7, 11) is 0. The van der Waals surface area contributed by atoms with Crippen LogP contribution in [0.2, 0.25) is 5.02 Å². The van der Waals surface area contributed by atoms with Gasteiger partial charge in [-0.15, -0.1) is 0 Å². The zero-order valence-corrected chi connectivity index (χ0v) is 11.0. The van der Waals surface area contributed by atoms with Crippen LogP contribution >= 0.6 is 11.6 Å². The molecule has 1 aromatic rings. The smallest absolute Gasteiger partial charge is 0.319 e. The van der Waals surface area contributed by atoms with E-state index in [0.717, 1.165) is 13.0 Å². The summed E-state index contributed by atoms with van der Waals surface area (Å²) in [6.07, 6.45) is 3.40. The van der Waals surface area contributed by atoms with Crippen LogP contribution in [0.5, 0.6) is 0 Å². The highest BCUT2D eigenvalue weighted by Gasteiger charge is 2.13. The number of nitrogens with one attached hydrogen (secondary N) is 3. The number of carbonyl (C=O) groups is 1. The molecule has 1 heterocycles. The van der Waals surface area contributed by atoms with Gasteiger partial charge in [0, 0.05) is 12.6 Å². The van der Waals surface area contributed by atoms with Gasteiger partial charge in [-0.1, -0.05) is 23.7 Å². The zero-order valence-electron chi connectivity index (χ0n) is 10.2. The number of carbonyl (C=O) groups excluding carboxylic acids is 1. The van der Waals surface area contributed by atoms with Gasteiger partial charge in [-0.05, 0) is 37.9 Å². The molecule has 1 atom stereocenters. The summed E-state index contributed by atoms with van der Waals surface area (Å²) >= 11 is 5.95. The van der Waals surface area contributed by atoms with E-state index in [9.17, 15) is 4.79 Å². The summed E-state index contributed by atoms with van der Waals surface area (Å²) in [5.74, 6) is 0. The van der Waals surface area contributed by atoms with Crippen molar-refractivity contribution < 1.29 is 4.79 Å². The summed E-state index contributed by atoms with van der Waals surface area (Å²) in [5, 5.41) is 9.51. The first kappa shape index (κ1) is 13.2. The van der Waals surface area contributed by atoms with Crippen LogP contribution in [0.15, 0.2) is 24.3 Å². The summed E-state index contributed by atoms with van der Waals surface area (Å²) in [5.41, 5.74) is 0.635. The number of anilines is 1. The number of rotatable bonds is 4. The number of hydrogen-bond acceptors (Lipinski definition) is 2.